The van der Waals surface area contributed by atoms with Crippen molar-refractivity contribution < 1.29 is 0 Å². The van der Waals surface area contributed by atoms with E-state index < -0.39 is 5.54 Å². The molecule has 0 aliphatic rings. The molecule has 2 nitrogen and oxygen atoms in total. The first-order valence-corrected chi connectivity index (χ1v) is 7.75. The molecule has 0 aliphatic carbocycles. The highest BCUT2D eigenvalue weighted by Crippen LogP contribution is 2.36. The lowest BCUT2D eigenvalue weighted by Gasteiger charge is -2.28. The van der Waals surface area contributed by atoms with Gasteiger partial charge in [0.15, 0.2) is 0 Å². The van der Waals surface area contributed by atoms with Crippen LogP contribution in [0.1, 0.15) is 18.1 Å². The van der Waals surface area contributed by atoms with E-state index in [1.165, 1.54) is 0 Å². The van der Waals surface area contributed by atoms with Gasteiger partial charge in [-0.1, -0.05) is 57.9 Å². The molecule has 0 amide bonds. The summed E-state index contributed by atoms with van der Waals surface area (Å²) in [4.78, 5) is 4.32. The predicted octanol–water partition coefficient (Wildman–Crippen LogP) is 4.87. The molecule has 1 aromatic heterocycles. The van der Waals surface area contributed by atoms with E-state index in [2.05, 4.69) is 27.0 Å². The van der Waals surface area contributed by atoms with E-state index in [9.17, 15) is 0 Å². The zero-order chi connectivity index (χ0) is 15.0. The van der Waals surface area contributed by atoms with E-state index in [1.54, 1.807) is 0 Å². The highest BCUT2D eigenvalue weighted by molar-refractivity contribution is 9.10. The monoisotopic (exact) mass is 360 g/mol. The Morgan fingerprint density at radius 3 is 2.62 bits per heavy atom. The number of hydrogen-bond acceptors (Lipinski definition) is 2. The van der Waals surface area contributed by atoms with Crippen LogP contribution in [0.3, 0.4) is 0 Å². The Morgan fingerprint density at radius 1 is 1.10 bits per heavy atom. The van der Waals surface area contributed by atoms with Crippen LogP contribution >= 0.6 is 27.5 Å². The molecular weight excluding hydrogens is 348 g/mol. The average Bonchev–Trinajstić information content (AvgIpc) is 2.46. The number of aromatic nitrogens is 1. The van der Waals surface area contributed by atoms with Crippen LogP contribution in [0.5, 0.6) is 0 Å². The largest absolute Gasteiger partial charge is 0.318 e. The third kappa shape index (κ3) is 2.57. The number of halogens is 2. The van der Waals surface area contributed by atoms with Crippen molar-refractivity contribution >= 4 is 38.3 Å². The van der Waals surface area contributed by atoms with Crippen molar-refractivity contribution in [2.45, 2.75) is 12.5 Å². The van der Waals surface area contributed by atoms with Crippen LogP contribution in [-0.4, -0.2) is 4.98 Å². The van der Waals surface area contributed by atoms with Crippen LogP contribution in [0.2, 0.25) is 5.02 Å². The Morgan fingerprint density at radius 2 is 1.86 bits per heavy atom. The maximum atomic E-state index is 6.64. The Labute approximate surface area is 137 Å². The summed E-state index contributed by atoms with van der Waals surface area (Å²) in [6.07, 6.45) is 3.67. The maximum Gasteiger partial charge on any atom is 0.0672 e. The van der Waals surface area contributed by atoms with Crippen LogP contribution in [-0.2, 0) is 5.54 Å². The second kappa shape index (κ2) is 5.41. The van der Waals surface area contributed by atoms with E-state index in [4.69, 9.17) is 17.3 Å². The van der Waals surface area contributed by atoms with Crippen molar-refractivity contribution in [3.63, 3.8) is 0 Å². The third-order valence-electron chi connectivity index (χ3n) is 3.72. The number of nitrogens with two attached hydrogens (primary N) is 1. The zero-order valence-electron chi connectivity index (χ0n) is 11.5. The Bertz CT molecular complexity index is 809. The van der Waals surface area contributed by atoms with E-state index in [1.807, 2.05) is 55.7 Å². The molecule has 1 atom stereocenters. The van der Waals surface area contributed by atoms with Gasteiger partial charge in [0.2, 0.25) is 0 Å². The second-order valence-electron chi connectivity index (χ2n) is 5.23. The molecule has 2 aromatic carbocycles. The second-order valence-corrected chi connectivity index (χ2v) is 6.56. The molecule has 0 spiro atoms. The van der Waals surface area contributed by atoms with Crippen LogP contribution in [0, 0.1) is 0 Å². The van der Waals surface area contributed by atoms with E-state index in [0.717, 1.165) is 26.4 Å². The number of nitrogens with zero attached hydrogens (tertiary/aromatic N) is 1. The SMILES string of the molecule is CC(N)(c1ccc(Br)cc1Cl)c1cncc2ccccc12. The first-order valence-electron chi connectivity index (χ1n) is 6.58. The van der Waals surface area contributed by atoms with Gasteiger partial charge in [-0.25, -0.2) is 0 Å². The summed E-state index contributed by atoms with van der Waals surface area (Å²) in [5.41, 5.74) is 7.76. The third-order valence-corrected chi connectivity index (χ3v) is 4.52. The zero-order valence-corrected chi connectivity index (χ0v) is 13.8. The molecule has 21 heavy (non-hydrogen) atoms. The normalized spacial score (nSPS) is 14.1. The summed E-state index contributed by atoms with van der Waals surface area (Å²) in [6.45, 7) is 1.96. The van der Waals surface area contributed by atoms with Crippen molar-refractivity contribution in [3.8, 4) is 0 Å². The van der Waals surface area contributed by atoms with Crippen LogP contribution < -0.4 is 5.73 Å². The van der Waals surface area contributed by atoms with Gasteiger partial charge in [-0.05, 0) is 30.0 Å². The fraction of sp³-hybridized carbons (Fsp3) is 0.118. The summed E-state index contributed by atoms with van der Waals surface area (Å²) >= 11 is 9.81. The summed E-state index contributed by atoms with van der Waals surface area (Å²) < 4.78 is 0.933. The lowest BCUT2D eigenvalue weighted by molar-refractivity contribution is 0.606. The minimum Gasteiger partial charge on any atom is -0.318 e. The van der Waals surface area contributed by atoms with Crippen molar-refractivity contribution in [2.24, 2.45) is 5.73 Å². The summed E-state index contributed by atoms with van der Waals surface area (Å²) in [5.74, 6) is 0. The van der Waals surface area contributed by atoms with Gasteiger partial charge < -0.3 is 5.73 Å². The molecule has 3 aromatic rings. The van der Waals surface area contributed by atoms with Crippen molar-refractivity contribution in [3.05, 3.63) is 75.5 Å². The fourth-order valence-corrected chi connectivity index (χ4v) is 3.46. The van der Waals surface area contributed by atoms with Gasteiger partial charge >= 0.3 is 0 Å². The van der Waals surface area contributed by atoms with Crippen molar-refractivity contribution in [2.75, 3.05) is 0 Å². The standard InChI is InChI=1S/C17H14BrClN2/c1-17(20,14-7-6-12(18)8-16(14)19)15-10-21-9-11-4-2-3-5-13(11)15/h2-10H,20H2,1H3. The molecule has 0 saturated heterocycles. The number of pyridine rings is 1. The summed E-state index contributed by atoms with van der Waals surface area (Å²) in [6, 6.07) is 13.9. The first-order chi connectivity index (χ1) is 10.00. The Balaban J connectivity index is 2.25. The van der Waals surface area contributed by atoms with Gasteiger partial charge in [0.25, 0.3) is 0 Å². The van der Waals surface area contributed by atoms with Gasteiger partial charge in [0.05, 0.1) is 5.54 Å². The van der Waals surface area contributed by atoms with Crippen molar-refractivity contribution in [1.82, 2.24) is 4.98 Å². The van der Waals surface area contributed by atoms with Crippen LogP contribution in [0.25, 0.3) is 10.8 Å². The topological polar surface area (TPSA) is 38.9 Å². The molecule has 0 saturated carbocycles. The smallest absolute Gasteiger partial charge is 0.0672 e. The minimum absolute atomic E-state index is 0.641. The van der Waals surface area contributed by atoms with Gasteiger partial charge in [0, 0.05) is 32.8 Å². The van der Waals surface area contributed by atoms with Gasteiger partial charge in [-0.2, -0.15) is 0 Å². The molecular formula is C17H14BrClN2. The lowest BCUT2D eigenvalue weighted by Crippen LogP contribution is -2.35. The Kier molecular flexibility index (Phi) is 3.74. The van der Waals surface area contributed by atoms with Crippen LogP contribution in [0.4, 0.5) is 0 Å². The number of rotatable bonds is 2. The van der Waals surface area contributed by atoms with Crippen LogP contribution in [0.15, 0.2) is 59.3 Å². The van der Waals surface area contributed by atoms with E-state index in [0.29, 0.717) is 5.02 Å². The maximum absolute atomic E-state index is 6.64. The summed E-state index contributed by atoms with van der Waals surface area (Å²) in [5, 5.41) is 2.80. The molecule has 3 rings (SSSR count). The molecule has 0 aliphatic heterocycles. The van der Waals surface area contributed by atoms with E-state index in [-0.39, 0.29) is 0 Å². The first kappa shape index (κ1) is 14.5. The predicted molar refractivity (Wildman–Crippen MR) is 91.5 cm³/mol. The fourth-order valence-electron chi connectivity index (χ4n) is 2.59. The minimum atomic E-state index is -0.717. The quantitative estimate of drug-likeness (QED) is 0.707. The van der Waals surface area contributed by atoms with Gasteiger partial charge in [-0.15, -0.1) is 0 Å². The summed E-state index contributed by atoms with van der Waals surface area (Å²) in [7, 11) is 0. The Hall–Kier alpha value is -1.42. The molecule has 0 radical (unpaired) electrons. The van der Waals surface area contributed by atoms with Gasteiger partial charge in [0.1, 0.15) is 0 Å². The molecule has 1 heterocycles. The molecule has 2 N–H and O–H groups in total. The highest BCUT2D eigenvalue weighted by atomic mass is 79.9. The average molecular weight is 362 g/mol. The lowest BCUT2D eigenvalue weighted by atomic mass is 9.84. The van der Waals surface area contributed by atoms with E-state index >= 15 is 0 Å². The number of fused-ring (bicyclic) bond motifs is 1. The molecule has 106 valence electrons. The number of benzene rings is 2. The molecule has 0 bridgehead atoms. The molecule has 4 heteroatoms. The molecule has 1 unspecified atom stereocenters. The number of hydrogen-bond donors (Lipinski definition) is 1. The molecule has 0 fully saturated rings. The van der Waals surface area contributed by atoms with Crippen molar-refractivity contribution in [1.29, 1.82) is 0 Å². The van der Waals surface area contributed by atoms with Gasteiger partial charge in [-0.3, -0.25) is 4.98 Å². The highest BCUT2D eigenvalue weighted by Gasteiger charge is 2.28.